The monoisotopic (exact) mass is 365 g/mol. The van der Waals surface area contributed by atoms with Crippen LogP contribution in [0.5, 0.6) is 0 Å². The summed E-state index contributed by atoms with van der Waals surface area (Å²) >= 11 is 5.48. The van der Waals surface area contributed by atoms with Crippen molar-refractivity contribution in [3.8, 4) is 0 Å². The van der Waals surface area contributed by atoms with Gasteiger partial charge < -0.3 is 10.2 Å². The minimum atomic E-state index is -0.232. The zero-order chi connectivity index (χ0) is 18.3. The molecule has 0 saturated carbocycles. The van der Waals surface area contributed by atoms with Gasteiger partial charge in [0.15, 0.2) is 5.11 Å². The number of hydrogen-bond acceptors (Lipinski definition) is 3. The van der Waals surface area contributed by atoms with E-state index in [1.807, 2.05) is 12.1 Å². The Balaban J connectivity index is 1.70. The van der Waals surface area contributed by atoms with Crippen LogP contribution >= 0.6 is 12.2 Å². The fourth-order valence-electron chi connectivity index (χ4n) is 3.81. The number of thiocarbonyl (C=S) groups is 1. The van der Waals surface area contributed by atoms with E-state index in [9.17, 15) is 9.59 Å². The van der Waals surface area contributed by atoms with Crippen LogP contribution in [-0.4, -0.2) is 46.9 Å². The molecule has 5 nitrogen and oxygen atoms in total. The summed E-state index contributed by atoms with van der Waals surface area (Å²) in [6.07, 6.45) is 0.886. The molecule has 1 N–H and O–H groups in total. The minimum Gasteiger partial charge on any atom is -0.366 e. The second-order valence-electron chi connectivity index (χ2n) is 6.48. The summed E-state index contributed by atoms with van der Waals surface area (Å²) in [6.45, 7) is 1.04. The number of hydrogen-bond donors (Lipinski definition) is 1. The smallest absolute Gasteiger partial charge is 0.261 e. The largest absolute Gasteiger partial charge is 0.366 e. The molecule has 4 rings (SSSR count). The molecule has 0 spiro atoms. The maximum Gasteiger partial charge on any atom is 0.261 e. The molecule has 132 valence electrons. The average molecular weight is 365 g/mol. The number of nitrogens with one attached hydrogen (secondary N) is 1. The molecular formula is C20H19N3O2S. The van der Waals surface area contributed by atoms with Crippen LogP contribution in [-0.2, 0) is 6.42 Å². The predicted octanol–water partition coefficient (Wildman–Crippen LogP) is 2.39. The molecule has 2 aliphatic heterocycles. The van der Waals surface area contributed by atoms with Crippen molar-refractivity contribution in [2.75, 3.05) is 20.1 Å². The van der Waals surface area contributed by atoms with Crippen molar-refractivity contribution in [3.05, 3.63) is 70.8 Å². The third kappa shape index (κ3) is 2.57. The number of imide groups is 1. The zero-order valence-electron chi connectivity index (χ0n) is 14.4. The molecule has 0 fully saturated rings. The number of carbonyl (C=O) groups is 2. The Hall–Kier alpha value is -2.73. The minimum absolute atomic E-state index is 0.151. The molecule has 2 amide bonds. The van der Waals surface area contributed by atoms with Gasteiger partial charge in [0.1, 0.15) is 0 Å². The topological polar surface area (TPSA) is 52.6 Å². The molecule has 1 unspecified atom stereocenters. The van der Waals surface area contributed by atoms with Gasteiger partial charge in [-0.1, -0.05) is 36.4 Å². The summed E-state index contributed by atoms with van der Waals surface area (Å²) < 4.78 is 0. The molecule has 6 heteroatoms. The van der Waals surface area contributed by atoms with E-state index >= 15 is 0 Å². The highest BCUT2D eigenvalue weighted by Gasteiger charge is 2.39. The van der Waals surface area contributed by atoms with Crippen molar-refractivity contribution in [3.63, 3.8) is 0 Å². The van der Waals surface area contributed by atoms with Gasteiger partial charge in [0.05, 0.1) is 23.7 Å². The molecule has 0 aromatic heterocycles. The molecule has 0 bridgehead atoms. The normalized spacial score (nSPS) is 18.6. The first-order chi connectivity index (χ1) is 12.6. The molecule has 2 aliphatic rings. The summed E-state index contributed by atoms with van der Waals surface area (Å²) in [5, 5.41) is 3.65. The molecule has 26 heavy (non-hydrogen) atoms. The molecule has 2 aromatic rings. The van der Waals surface area contributed by atoms with E-state index in [0.717, 1.165) is 18.5 Å². The van der Waals surface area contributed by atoms with E-state index < -0.39 is 0 Å². The van der Waals surface area contributed by atoms with E-state index in [1.165, 1.54) is 10.5 Å². The summed E-state index contributed by atoms with van der Waals surface area (Å²) in [7, 11) is 1.79. The lowest BCUT2D eigenvalue weighted by molar-refractivity contribution is 0.0613. The Labute approximate surface area is 157 Å². The molecular weight excluding hydrogens is 346 g/mol. The van der Waals surface area contributed by atoms with E-state index in [1.54, 1.807) is 31.3 Å². The molecule has 2 aromatic carbocycles. The second kappa shape index (κ2) is 6.53. The molecule has 2 heterocycles. The third-order valence-electron chi connectivity index (χ3n) is 5.12. The Kier molecular flexibility index (Phi) is 4.20. The van der Waals surface area contributed by atoms with Crippen molar-refractivity contribution in [2.24, 2.45) is 0 Å². The molecule has 0 saturated heterocycles. The van der Waals surface area contributed by atoms with Gasteiger partial charge in [-0.2, -0.15) is 0 Å². The van der Waals surface area contributed by atoms with Crippen molar-refractivity contribution < 1.29 is 9.59 Å². The third-order valence-corrected chi connectivity index (χ3v) is 5.56. The summed E-state index contributed by atoms with van der Waals surface area (Å²) in [5.41, 5.74) is 3.31. The van der Waals surface area contributed by atoms with Gasteiger partial charge >= 0.3 is 0 Å². The Morgan fingerprint density at radius 1 is 1.08 bits per heavy atom. The van der Waals surface area contributed by atoms with Crippen molar-refractivity contribution >= 4 is 29.1 Å². The molecule has 1 atom stereocenters. The van der Waals surface area contributed by atoms with Crippen LogP contribution in [0.25, 0.3) is 0 Å². The summed E-state index contributed by atoms with van der Waals surface area (Å²) in [6, 6.07) is 15.0. The average Bonchev–Trinajstić information content (AvgIpc) is 2.93. The maximum atomic E-state index is 12.8. The van der Waals surface area contributed by atoms with Gasteiger partial charge in [0.25, 0.3) is 11.8 Å². The number of nitrogens with zero attached hydrogens (tertiary/aromatic N) is 2. The van der Waals surface area contributed by atoms with Gasteiger partial charge in [-0.3, -0.25) is 14.5 Å². The molecule has 0 aliphatic carbocycles. The van der Waals surface area contributed by atoms with Crippen LogP contribution in [0, 0.1) is 0 Å². The second-order valence-corrected chi connectivity index (χ2v) is 6.87. The number of fused-ring (bicyclic) bond motifs is 2. The van der Waals surface area contributed by atoms with Gasteiger partial charge in [0, 0.05) is 13.6 Å². The summed E-state index contributed by atoms with van der Waals surface area (Å²) in [5.74, 6) is -0.465. The number of rotatable bonds is 2. The first-order valence-corrected chi connectivity index (χ1v) is 9.04. The van der Waals surface area contributed by atoms with Gasteiger partial charge in [-0.15, -0.1) is 0 Å². The van der Waals surface area contributed by atoms with E-state index in [2.05, 4.69) is 22.3 Å². The quantitative estimate of drug-likeness (QED) is 0.654. The van der Waals surface area contributed by atoms with Crippen LogP contribution < -0.4 is 5.32 Å². The number of benzene rings is 2. The van der Waals surface area contributed by atoms with E-state index in [-0.39, 0.29) is 24.4 Å². The Bertz CT molecular complexity index is 876. The van der Waals surface area contributed by atoms with E-state index in [0.29, 0.717) is 16.2 Å². The van der Waals surface area contributed by atoms with Gasteiger partial charge in [-0.25, -0.2) is 0 Å². The predicted molar refractivity (Wildman–Crippen MR) is 103 cm³/mol. The number of amides is 2. The van der Waals surface area contributed by atoms with Gasteiger partial charge in [-0.05, 0) is 41.9 Å². The fourth-order valence-corrected chi connectivity index (χ4v) is 4.03. The van der Waals surface area contributed by atoms with Crippen molar-refractivity contribution in [2.45, 2.75) is 12.5 Å². The highest BCUT2D eigenvalue weighted by Crippen LogP contribution is 2.33. The summed E-state index contributed by atoms with van der Waals surface area (Å²) in [4.78, 5) is 29.0. The van der Waals surface area contributed by atoms with Crippen LogP contribution in [0.1, 0.15) is 37.9 Å². The maximum absolute atomic E-state index is 12.8. The van der Waals surface area contributed by atoms with Crippen LogP contribution in [0.3, 0.4) is 0 Å². The standard InChI is InChI=1S/C20H19N3O2S/c1-21-20(26)22-11-10-13-6-2-3-7-14(13)17(22)12-23-18(24)15-8-4-5-9-16(15)19(23)25/h2-9,17H,10-12H2,1H3,(H,21,26). The SMILES string of the molecule is CNC(=S)N1CCc2ccccc2C1CN1C(=O)c2ccccc2C1=O. The lowest BCUT2D eigenvalue weighted by atomic mass is 9.92. The lowest BCUT2D eigenvalue weighted by Crippen LogP contribution is -2.49. The van der Waals surface area contributed by atoms with Gasteiger partial charge in [0.2, 0.25) is 0 Å². The fraction of sp³-hybridized carbons (Fsp3) is 0.250. The van der Waals surface area contributed by atoms with Crippen molar-refractivity contribution in [1.29, 1.82) is 0 Å². The van der Waals surface area contributed by atoms with Crippen LogP contribution in [0.2, 0.25) is 0 Å². The first-order valence-electron chi connectivity index (χ1n) is 8.63. The Morgan fingerprint density at radius 3 is 2.35 bits per heavy atom. The molecule has 0 radical (unpaired) electrons. The first kappa shape index (κ1) is 16.7. The van der Waals surface area contributed by atoms with Crippen LogP contribution in [0.4, 0.5) is 0 Å². The zero-order valence-corrected chi connectivity index (χ0v) is 15.3. The highest BCUT2D eigenvalue weighted by atomic mass is 32.1. The van der Waals surface area contributed by atoms with Crippen molar-refractivity contribution in [1.82, 2.24) is 15.1 Å². The van der Waals surface area contributed by atoms with Crippen LogP contribution in [0.15, 0.2) is 48.5 Å². The lowest BCUT2D eigenvalue weighted by Gasteiger charge is -2.40. The number of carbonyl (C=O) groups excluding carboxylic acids is 2. The van der Waals surface area contributed by atoms with E-state index in [4.69, 9.17) is 12.2 Å². The highest BCUT2D eigenvalue weighted by molar-refractivity contribution is 7.80. The Morgan fingerprint density at radius 2 is 1.69 bits per heavy atom.